The molecule has 3 nitrogen and oxygen atoms in total. The van der Waals surface area contributed by atoms with Gasteiger partial charge in [0, 0.05) is 24.7 Å². The summed E-state index contributed by atoms with van der Waals surface area (Å²) in [4.78, 5) is 14.7. The Morgan fingerprint density at radius 3 is 2.68 bits per heavy atom. The largest absolute Gasteiger partial charge is 0.338 e. The summed E-state index contributed by atoms with van der Waals surface area (Å²) in [5.74, 6) is 0.633. The first kappa shape index (κ1) is 17.3. The topological polar surface area (TPSA) is 46.3 Å². The average Bonchev–Trinajstić information content (AvgIpc) is 2.53. The number of hydrogen-bond donors (Lipinski definition) is 1. The van der Waals surface area contributed by atoms with Gasteiger partial charge in [0.2, 0.25) is 0 Å². The summed E-state index contributed by atoms with van der Waals surface area (Å²) < 4.78 is 0. The van der Waals surface area contributed by atoms with Gasteiger partial charge in [0.25, 0.3) is 5.91 Å². The van der Waals surface area contributed by atoms with Crippen LogP contribution >= 0.6 is 12.4 Å². The molecule has 0 aromatic heterocycles. The van der Waals surface area contributed by atoms with Crippen LogP contribution in [0.3, 0.4) is 0 Å². The molecule has 2 N–H and O–H groups in total. The predicted molar refractivity (Wildman–Crippen MR) is 92.6 cm³/mol. The van der Waals surface area contributed by atoms with Gasteiger partial charge in [-0.25, -0.2) is 0 Å². The summed E-state index contributed by atoms with van der Waals surface area (Å²) >= 11 is 0. The van der Waals surface area contributed by atoms with Crippen molar-refractivity contribution in [1.29, 1.82) is 0 Å². The van der Waals surface area contributed by atoms with Crippen LogP contribution in [0.1, 0.15) is 54.1 Å². The van der Waals surface area contributed by atoms with Gasteiger partial charge in [-0.2, -0.15) is 0 Å². The van der Waals surface area contributed by atoms with E-state index in [-0.39, 0.29) is 24.4 Å². The molecule has 3 rings (SSSR count). The summed E-state index contributed by atoms with van der Waals surface area (Å²) in [6, 6.07) is 6.48. The first-order valence-corrected chi connectivity index (χ1v) is 8.32. The smallest absolute Gasteiger partial charge is 0.253 e. The van der Waals surface area contributed by atoms with Gasteiger partial charge in [0.1, 0.15) is 0 Å². The molecular formula is C18H27ClN2O. The Hall–Kier alpha value is -1.06. The number of rotatable bonds is 2. The molecule has 0 bridgehead atoms. The van der Waals surface area contributed by atoms with Gasteiger partial charge in [-0.3, -0.25) is 4.79 Å². The number of carbonyl (C=O) groups is 1. The fraction of sp³-hybridized carbons (Fsp3) is 0.611. The van der Waals surface area contributed by atoms with Gasteiger partial charge in [-0.05, 0) is 74.6 Å². The second-order valence-corrected chi connectivity index (χ2v) is 6.70. The van der Waals surface area contributed by atoms with Gasteiger partial charge in [-0.1, -0.05) is 6.07 Å². The normalized spacial score (nSPS) is 22.5. The van der Waals surface area contributed by atoms with Crippen LogP contribution in [-0.4, -0.2) is 29.9 Å². The molecule has 1 saturated heterocycles. The van der Waals surface area contributed by atoms with Crippen LogP contribution in [0.25, 0.3) is 0 Å². The minimum atomic E-state index is 0. The van der Waals surface area contributed by atoms with E-state index in [0.717, 1.165) is 37.9 Å². The molecule has 1 amide bonds. The molecule has 2 atom stereocenters. The van der Waals surface area contributed by atoms with Crippen molar-refractivity contribution >= 4 is 18.3 Å². The number of halogens is 1. The van der Waals surface area contributed by atoms with Gasteiger partial charge in [-0.15, -0.1) is 12.4 Å². The molecule has 1 aliphatic heterocycles. The molecule has 1 heterocycles. The van der Waals surface area contributed by atoms with Crippen molar-refractivity contribution in [3.05, 3.63) is 34.9 Å². The zero-order valence-corrected chi connectivity index (χ0v) is 14.2. The first-order chi connectivity index (χ1) is 10.1. The summed E-state index contributed by atoms with van der Waals surface area (Å²) in [7, 11) is 0. The van der Waals surface area contributed by atoms with E-state index in [9.17, 15) is 4.79 Å². The number of fused-ring (bicyclic) bond motifs is 1. The van der Waals surface area contributed by atoms with Crippen molar-refractivity contribution < 1.29 is 4.79 Å². The minimum Gasteiger partial charge on any atom is -0.338 e. The monoisotopic (exact) mass is 322 g/mol. The molecule has 0 spiro atoms. The third-order valence-electron chi connectivity index (χ3n) is 5.08. The predicted octanol–water partition coefficient (Wildman–Crippen LogP) is 3.19. The average molecular weight is 323 g/mol. The van der Waals surface area contributed by atoms with Crippen LogP contribution in [0.4, 0.5) is 0 Å². The molecule has 1 fully saturated rings. The standard InChI is InChI=1S/C18H26N2O.ClH/c1-13(19)17-7-4-10-20(12-17)18(21)16-9-8-14-5-2-3-6-15(14)11-16;/h8-9,11,13,17H,2-7,10,12,19H2,1H3;1H. The van der Waals surface area contributed by atoms with E-state index >= 15 is 0 Å². The molecule has 1 aliphatic carbocycles. The summed E-state index contributed by atoms with van der Waals surface area (Å²) in [5.41, 5.74) is 9.70. The molecule has 2 aliphatic rings. The highest BCUT2D eigenvalue weighted by Gasteiger charge is 2.26. The van der Waals surface area contributed by atoms with Crippen LogP contribution in [0, 0.1) is 5.92 Å². The highest BCUT2D eigenvalue weighted by atomic mass is 35.5. The van der Waals surface area contributed by atoms with E-state index in [1.807, 2.05) is 11.0 Å². The third kappa shape index (κ3) is 3.64. The molecule has 1 aromatic rings. The highest BCUT2D eigenvalue weighted by molar-refractivity contribution is 5.94. The molecule has 0 saturated carbocycles. The van der Waals surface area contributed by atoms with Crippen molar-refractivity contribution in [2.75, 3.05) is 13.1 Å². The van der Waals surface area contributed by atoms with E-state index in [4.69, 9.17) is 5.73 Å². The Kier molecular flexibility index (Phi) is 5.87. The lowest BCUT2D eigenvalue weighted by atomic mass is 9.89. The van der Waals surface area contributed by atoms with Crippen molar-refractivity contribution in [2.45, 2.75) is 51.5 Å². The molecule has 122 valence electrons. The molecule has 4 heteroatoms. The van der Waals surface area contributed by atoms with Crippen LogP contribution in [-0.2, 0) is 12.8 Å². The molecule has 2 unspecified atom stereocenters. The van der Waals surface area contributed by atoms with Crippen LogP contribution in [0.5, 0.6) is 0 Å². The summed E-state index contributed by atoms with van der Waals surface area (Å²) in [5, 5.41) is 0. The maximum atomic E-state index is 12.7. The minimum absolute atomic E-state index is 0. The fourth-order valence-electron chi connectivity index (χ4n) is 3.67. The van der Waals surface area contributed by atoms with Crippen LogP contribution < -0.4 is 5.73 Å². The highest BCUT2D eigenvalue weighted by Crippen LogP contribution is 2.25. The fourth-order valence-corrected chi connectivity index (χ4v) is 3.67. The lowest BCUT2D eigenvalue weighted by molar-refractivity contribution is 0.0661. The Morgan fingerprint density at radius 1 is 1.23 bits per heavy atom. The summed E-state index contributed by atoms with van der Waals surface area (Å²) in [6.07, 6.45) is 7.04. The number of benzene rings is 1. The quantitative estimate of drug-likeness (QED) is 0.909. The number of aryl methyl sites for hydroxylation is 2. The number of piperidine rings is 1. The lowest BCUT2D eigenvalue weighted by Crippen LogP contribution is -2.45. The Bertz CT molecular complexity index is 530. The Labute approximate surface area is 139 Å². The van der Waals surface area contributed by atoms with E-state index in [1.54, 1.807) is 0 Å². The second-order valence-electron chi connectivity index (χ2n) is 6.70. The number of hydrogen-bond acceptors (Lipinski definition) is 2. The molecule has 0 radical (unpaired) electrons. The van der Waals surface area contributed by atoms with E-state index in [1.165, 1.54) is 30.4 Å². The van der Waals surface area contributed by atoms with E-state index < -0.39 is 0 Å². The van der Waals surface area contributed by atoms with Gasteiger partial charge >= 0.3 is 0 Å². The first-order valence-electron chi connectivity index (χ1n) is 8.32. The molecular weight excluding hydrogens is 296 g/mol. The van der Waals surface area contributed by atoms with Crippen molar-refractivity contribution in [2.24, 2.45) is 11.7 Å². The Balaban J connectivity index is 0.00000176. The van der Waals surface area contributed by atoms with Crippen molar-refractivity contribution in [3.63, 3.8) is 0 Å². The third-order valence-corrected chi connectivity index (χ3v) is 5.08. The number of likely N-dealkylation sites (tertiary alicyclic amines) is 1. The SMILES string of the molecule is CC(N)C1CCCN(C(=O)c2ccc3c(c2)CCCC3)C1.Cl. The zero-order valence-electron chi connectivity index (χ0n) is 13.4. The van der Waals surface area contributed by atoms with E-state index in [2.05, 4.69) is 19.1 Å². The number of nitrogens with two attached hydrogens (primary N) is 1. The van der Waals surface area contributed by atoms with Crippen LogP contribution in [0.15, 0.2) is 18.2 Å². The Morgan fingerprint density at radius 2 is 1.95 bits per heavy atom. The maximum absolute atomic E-state index is 12.7. The zero-order chi connectivity index (χ0) is 14.8. The molecule has 1 aromatic carbocycles. The second kappa shape index (κ2) is 7.47. The number of amides is 1. The van der Waals surface area contributed by atoms with Crippen LogP contribution in [0.2, 0.25) is 0 Å². The summed E-state index contributed by atoms with van der Waals surface area (Å²) in [6.45, 7) is 3.74. The van der Waals surface area contributed by atoms with Crippen molar-refractivity contribution in [1.82, 2.24) is 4.90 Å². The van der Waals surface area contributed by atoms with Gasteiger partial charge < -0.3 is 10.6 Å². The van der Waals surface area contributed by atoms with E-state index in [0.29, 0.717) is 5.92 Å². The lowest BCUT2D eigenvalue weighted by Gasteiger charge is -2.34. The number of nitrogens with zero attached hydrogens (tertiary/aromatic N) is 1. The van der Waals surface area contributed by atoms with Crippen molar-refractivity contribution in [3.8, 4) is 0 Å². The molecule has 22 heavy (non-hydrogen) atoms. The van der Waals surface area contributed by atoms with Gasteiger partial charge in [0.05, 0.1) is 0 Å². The number of carbonyl (C=O) groups excluding carboxylic acids is 1. The maximum Gasteiger partial charge on any atom is 0.253 e. The van der Waals surface area contributed by atoms with Gasteiger partial charge in [0.15, 0.2) is 0 Å².